The van der Waals surface area contributed by atoms with Gasteiger partial charge in [-0.25, -0.2) is 0 Å². The summed E-state index contributed by atoms with van der Waals surface area (Å²) in [5, 5.41) is 2.98. The Balaban J connectivity index is 1.87. The number of rotatable bonds is 0. The average molecular weight is 151 g/mol. The van der Waals surface area contributed by atoms with Gasteiger partial charge in [0.15, 0.2) is 0 Å². The molecule has 1 aliphatic heterocycles. The van der Waals surface area contributed by atoms with E-state index in [0.29, 0.717) is 11.8 Å². The molecule has 1 saturated heterocycles. The molecule has 2 heteroatoms. The zero-order valence-corrected chi connectivity index (χ0v) is 6.55. The average Bonchev–Trinajstić information content (AvgIpc) is 2.71. The summed E-state index contributed by atoms with van der Waals surface area (Å²) in [6.45, 7) is 0.977. The second-order valence-corrected chi connectivity index (χ2v) is 4.25. The molecule has 2 saturated carbocycles. The maximum absolute atomic E-state index is 11.3. The van der Waals surface area contributed by atoms with Crippen molar-refractivity contribution in [3.8, 4) is 0 Å². The van der Waals surface area contributed by atoms with Gasteiger partial charge < -0.3 is 5.32 Å². The zero-order valence-electron chi connectivity index (χ0n) is 6.55. The topological polar surface area (TPSA) is 29.1 Å². The number of carbonyl (C=O) groups is 1. The van der Waals surface area contributed by atoms with Crippen LogP contribution >= 0.6 is 0 Å². The van der Waals surface area contributed by atoms with E-state index in [9.17, 15) is 4.79 Å². The Morgan fingerprint density at radius 2 is 2.18 bits per heavy atom. The highest BCUT2D eigenvalue weighted by molar-refractivity contribution is 5.81. The minimum absolute atomic E-state index is 0.334. The summed E-state index contributed by atoms with van der Waals surface area (Å²) in [7, 11) is 0. The van der Waals surface area contributed by atoms with Gasteiger partial charge >= 0.3 is 0 Å². The second kappa shape index (κ2) is 1.79. The summed E-state index contributed by atoms with van der Waals surface area (Å²) < 4.78 is 0. The predicted octanol–water partition coefficient (Wildman–Crippen LogP) is 0.778. The predicted molar refractivity (Wildman–Crippen MR) is 40.8 cm³/mol. The van der Waals surface area contributed by atoms with Gasteiger partial charge in [0.2, 0.25) is 5.91 Å². The molecule has 1 N–H and O–H groups in total. The largest absolute Gasteiger partial charge is 0.356 e. The van der Waals surface area contributed by atoms with E-state index in [0.717, 1.165) is 30.7 Å². The molecule has 0 bridgehead atoms. The van der Waals surface area contributed by atoms with E-state index in [1.807, 2.05) is 0 Å². The Labute approximate surface area is 66.4 Å². The normalized spacial score (nSPS) is 52.9. The summed E-state index contributed by atoms with van der Waals surface area (Å²) in [5.74, 6) is 3.39. The molecule has 3 fully saturated rings. The molecule has 60 valence electrons. The third-order valence-electron chi connectivity index (χ3n) is 3.74. The van der Waals surface area contributed by atoms with Crippen LogP contribution in [0.5, 0.6) is 0 Å². The van der Waals surface area contributed by atoms with Crippen molar-refractivity contribution in [3.05, 3.63) is 0 Å². The van der Waals surface area contributed by atoms with Gasteiger partial charge in [0.25, 0.3) is 0 Å². The van der Waals surface area contributed by atoms with Gasteiger partial charge in [-0.3, -0.25) is 4.79 Å². The molecule has 2 aliphatic carbocycles. The fourth-order valence-electron chi connectivity index (χ4n) is 3.00. The van der Waals surface area contributed by atoms with Crippen molar-refractivity contribution in [3.63, 3.8) is 0 Å². The van der Waals surface area contributed by atoms with Gasteiger partial charge in [-0.05, 0) is 37.0 Å². The fourth-order valence-corrected chi connectivity index (χ4v) is 3.00. The molecule has 11 heavy (non-hydrogen) atoms. The van der Waals surface area contributed by atoms with Crippen LogP contribution in [0, 0.1) is 23.7 Å². The number of fused-ring (bicyclic) bond motifs is 3. The van der Waals surface area contributed by atoms with Gasteiger partial charge in [-0.15, -0.1) is 0 Å². The van der Waals surface area contributed by atoms with Crippen molar-refractivity contribution >= 4 is 5.91 Å². The summed E-state index contributed by atoms with van der Waals surface area (Å²) >= 11 is 0. The van der Waals surface area contributed by atoms with E-state index in [-0.39, 0.29) is 0 Å². The lowest BCUT2D eigenvalue weighted by Crippen LogP contribution is -2.23. The smallest absolute Gasteiger partial charge is 0.223 e. The third-order valence-corrected chi connectivity index (χ3v) is 3.74. The Bertz CT molecular complexity index is 214. The van der Waals surface area contributed by atoms with E-state index in [1.54, 1.807) is 0 Å². The number of hydrogen-bond donors (Lipinski definition) is 1. The van der Waals surface area contributed by atoms with Gasteiger partial charge in [0.05, 0.1) is 0 Å². The van der Waals surface area contributed by atoms with Crippen LogP contribution in [-0.4, -0.2) is 12.5 Å². The summed E-state index contributed by atoms with van der Waals surface area (Å²) in [6, 6.07) is 0. The number of amides is 1. The molecule has 0 radical (unpaired) electrons. The Hall–Kier alpha value is -0.530. The van der Waals surface area contributed by atoms with Crippen molar-refractivity contribution in [2.45, 2.75) is 19.3 Å². The molecule has 4 unspecified atom stereocenters. The molecule has 2 nitrogen and oxygen atoms in total. The highest BCUT2D eigenvalue weighted by Crippen LogP contribution is 2.55. The molecule has 0 aromatic heterocycles. The van der Waals surface area contributed by atoms with Gasteiger partial charge in [-0.2, -0.15) is 0 Å². The Morgan fingerprint density at radius 3 is 3.09 bits per heavy atom. The maximum atomic E-state index is 11.3. The molecule has 0 aromatic carbocycles. The highest BCUT2D eigenvalue weighted by Gasteiger charge is 2.53. The van der Waals surface area contributed by atoms with Crippen LogP contribution in [-0.2, 0) is 4.79 Å². The van der Waals surface area contributed by atoms with Crippen LogP contribution < -0.4 is 5.32 Å². The SMILES string of the molecule is O=C1NCC2C1CCC1CC12. The van der Waals surface area contributed by atoms with E-state index < -0.39 is 0 Å². The summed E-state index contributed by atoms with van der Waals surface area (Å²) in [6.07, 6.45) is 3.90. The first-order valence-electron chi connectivity index (χ1n) is 4.64. The standard InChI is InChI=1S/C9H13NO/c11-9-6-2-1-5-3-7(5)8(6)4-10-9/h5-8H,1-4H2,(H,10,11). The molecular weight excluding hydrogens is 138 g/mol. The summed E-state index contributed by atoms with van der Waals surface area (Å²) in [4.78, 5) is 11.3. The Kier molecular flexibility index (Phi) is 0.984. The lowest BCUT2D eigenvalue weighted by Gasteiger charge is -2.21. The fraction of sp³-hybridized carbons (Fsp3) is 0.889. The minimum Gasteiger partial charge on any atom is -0.356 e. The van der Waals surface area contributed by atoms with Gasteiger partial charge in [0, 0.05) is 12.5 Å². The first-order chi connectivity index (χ1) is 5.36. The van der Waals surface area contributed by atoms with E-state index in [1.165, 1.54) is 12.8 Å². The van der Waals surface area contributed by atoms with Crippen LogP contribution in [0.2, 0.25) is 0 Å². The molecule has 3 rings (SSSR count). The van der Waals surface area contributed by atoms with Crippen molar-refractivity contribution in [1.29, 1.82) is 0 Å². The Morgan fingerprint density at radius 1 is 1.27 bits per heavy atom. The maximum Gasteiger partial charge on any atom is 0.223 e. The number of hydrogen-bond acceptors (Lipinski definition) is 1. The molecule has 1 heterocycles. The second-order valence-electron chi connectivity index (χ2n) is 4.25. The van der Waals surface area contributed by atoms with E-state index in [4.69, 9.17) is 0 Å². The van der Waals surface area contributed by atoms with Crippen LogP contribution in [0.1, 0.15) is 19.3 Å². The van der Waals surface area contributed by atoms with Crippen LogP contribution in [0.3, 0.4) is 0 Å². The molecule has 1 amide bonds. The third kappa shape index (κ3) is 0.700. The van der Waals surface area contributed by atoms with Crippen molar-refractivity contribution in [2.75, 3.05) is 6.54 Å². The van der Waals surface area contributed by atoms with Gasteiger partial charge in [0.1, 0.15) is 0 Å². The van der Waals surface area contributed by atoms with Crippen LogP contribution in [0.25, 0.3) is 0 Å². The number of carbonyl (C=O) groups excluding carboxylic acids is 1. The van der Waals surface area contributed by atoms with Crippen molar-refractivity contribution in [1.82, 2.24) is 5.32 Å². The molecule has 0 aromatic rings. The monoisotopic (exact) mass is 151 g/mol. The molecule has 3 aliphatic rings. The highest BCUT2D eigenvalue weighted by atomic mass is 16.2. The summed E-state index contributed by atoms with van der Waals surface area (Å²) in [5.41, 5.74) is 0. The van der Waals surface area contributed by atoms with E-state index >= 15 is 0 Å². The first-order valence-corrected chi connectivity index (χ1v) is 4.64. The van der Waals surface area contributed by atoms with Gasteiger partial charge in [-0.1, -0.05) is 0 Å². The first kappa shape index (κ1) is 6.04. The van der Waals surface area contributed by atoms with Crippen molar-refractivity contribution < 1.29 is 4.79 Å². The quantitative estimate of drug-likeness (QED) is 0.544. The van der Waals surface area contributed by atoms with E-state index in [2.05, 4.69) is 5.32 Å². The van der Waals surface area contributed by atoms with Crippen LogP contribution in [0.4, 0.5) is 0 Å². The zero-order chi connectivity index (χ0) is 7.42. The van der Waals surface area contributed by atoms with Crippen molar-refractivity contribution in [2.24, 2.45) is 23.7 Å². The molecule has 0 spiro atoms. The molecule has 4 atom stereocenters. The lowest BCUT2D eigenvalue weighted by molar-refractivity contribution is -0.123. The van der Waals surface area contributed by atoms with Crippen LogP contribution in [0.15, 0.2) is 0 Å². The lowest BCUT2D eigenvalue weighted by atomic mass is 9.81. The number of nitrogens with one attached hydrogen (secondary N) is 1. The molecular formula is C9H13NO. The minimum atomic E-state index is 0.334.